The summed E-state index contributed by atoms with van der Waals surface area (Å²) in [4.78, 5) is 45.4. The molecule has 218 valence electrons. The van der Waals surface area contributed by atoms with Crippen molar-refractivity contribution >= 4 is 52.1 Å². The fraction of sp³-hybridized carbons (Fsp3) is 0.412. The monoisotopic (exact) mass is 566 g/mol. The maximum absolute atomic E-state index is 12.8. The number of anilines is 2. The smallest absolute Gasteiger partial charge is 0.298 e. The highest BCUT2D eigenvalue weighted by atomic mass is 16.4. The minimum Gasteiger partial charge on any atom is -0.423 e. The third-order valence-electron chi connectivity index (χ3n) is 9.41. The van der Waals surface area contributed by atoms with E-state index in [0.29, 0.717) is 30.0 Å². The third-order valence-corrected chi connectivity index (χ3v) is 9.41. The van der Waals surface area contributed by atoms with Crippen molar-refractivity contribution in [1.29, 1.82) is 0 Å². The molecule has 2 aliphatic rings. The van der Waals surface area contributed by atoms with Crippen LogP contribution in [0.4, 0.5) is 11.7 Å². The number of carbonyl (C=O) groups is 3. The average Bonchev–Trinajstić information content (AvgIpc) is 3.56. The summed E-state index contributed by atoms with van der Waals surface area (Å²) in [6.45, 7) is 2.15. The van der Waals surface area contributed by atoms with Gasteiger partial charge in [0.25, 0.3) is 6.01 Å². The summed E-state index contributed by atoms with van der Waals surface area (Å²) in [5.41, 5.74) is 5.65. The second kappa shape index (κ2) is 11.6. The summed E-state index contributed by atoms with van der Waals surface area (Å²) < 4.78 is 6.27. The van der Waals surface area contributed by atoms with Crippen LogP contribution in [0.2, 0.25) is 0 Å². The van der Waals surface area contributed by atoms with Crippen LogP contribution in [0.15, 0.2) is 52.9 Å². The molecule has 1 aromatic heterocycles. The van der Waals surface area contributed by atoms with E-state index in [1.807, 2.05) is 36.2 Å². The van der Waals surface area contributed by atoms with Crippen molar-refractivity contribution in [2.75, 3.05) is 23.9 Å². The van der Waals surface area contributed by atoms with Crippen LogP contribution in [0.25, 0.3) is 21.9 Å². The van der Waals surface area contributed by atoms with E-state index in [0.717, 1.165) is 78.3 Å². The first-order valence-corrected chi connectivity index (χ1v) is 15.0. The molecule has 42 heavy (non-hydrogen) atoms. The van der Waals surface area contributed by atoms with Gasteiger partial charge in [-0.25, -0.2) is 0 Å². The predicted molar refractivity (Wildman–Crippen MR) is 166 cm³/mol. The zero-order valence-electron chi connectivity index (χ0n) is 24.5. The number of aldehydes is 2. The Morgan fingerprint density at radius 1 is 1.14 bits per heavy atom. The van der Waals surface area contributed by atoms with Gasteiger partial charge in [-0.3, -0.25) is 9.59 Å². The number of aryl methyl sites for hydroxylation is 1. The van der Waals surface area contributed by atoms with Gasteiger partial charge in [-0.15, -0.1) is 0 Å². The van der Waals surface area contributed by atoms with E-state index in [1.54, 1.807) is 7.05 Å². The topological polar surface area (TPSA) is 95.8 Å². The van der Waals surface area contributed by atoms with E-state index in [4.69, 9.17) is 9.40 Å². The van der Waals surface area contributed by atoms with E-state index in [2.05, 4.69) is 41.4 Å². The van der Waals surface area contributed by atoms with Gasteiger partial charge >= 0.3 is 0 Å². The molecule has 1 amide bonds. The molecule has 1 N–H and O–H groups in total. The summed E-state index contributed by atoms with van der Waals surface area (Å²) in [6.07, 6.45) is 7.53. The summed E-state index contributed by atoms with van der Waals surface area (Å²) in [7, 11) is 3.47. The molecule has 0 saturated carbocycles. The van der Waals surface area contributed by atoms with Crippen LogP contribution in [0.3, 0.4) is 0 Å². The third kappa shape index (κ3) is 4.82. The van der Waals surface area contributed by atoms with Crippen LogP contribution in [0, 0.1) is 0 Å². The Labute approximate surface area is 246 Å². The van der Waals surface area contributed by atoms with Crippen LogP contribution in [0.1, 0.15) is 72.9 Å². The first-order valence-electron chi connectivity index (χ1n) is 15.0. The van der Waals surface area contributed by atoms with E-state index in [9.17, 15) is 14.4 Å². The Morgan fingerprint density at radius 2 is 1.93 bits per heavy atom. The van der Waals surface area contributed by atoms with Gasteiger partial charge in [0.05, 0.1) is 0 Å². The standard InChI is InChI=1S/C34H38N4O4/c1-4-21-10-15-31-28(17-21)36-34(42-31)38-24-11-12-25(38)19-23(18-24)26-13-14-29(32-22(20-40)7-5-8-27(26)32)37(3)30(9-6-16-39)33(41)35-2/h5,7-8,10,13-17,20,23-25,30H,4,6,9,11-12,18-19H2,1-3H3,(H,35,41). The zero-order chi connectivity index (χ0) is 29.4. The van der Waals surface area contributed by atoms with Crippen LogP contribution < -0.4 is 15.1 Å². The van der Waals surface area contributed by atoms with E-state index in [1.165, 1.54) is 11.1 Å². The number of carbonyl (C=O) groups excluding carboxylic acids is 3. The molecule has 8 heteroatoms. The van der Waals surface area contributed by atoms with Gasteiger partial charge in [0, 0.05) is 49.2 Å². The molecule has 2 bridgehead atoms. The Hall–Kier alpha value is -4.20. The highest BCUT2D eigenvalue weighted by Gasteiger charge is 2.43. The minimum atomic E-state index is -0.530. The minimum absolute atomic E-state index is 0.158. The maximum Gasteiger partial charge on any atom is 0.298 e. The highest BCUT2D eigenvalue weighted by Crippen LogP contribution is 2.48. The molecule has 3 unspecified atom stereocenters. The molecule has 2 fully saturated rings. The molecular formula is C34H38N4O4. The highest BCUT2D eigenvalue weighted by molar-refractivity contribution is 6.07. The summed E-state index contributed by atoms with van der Waals surface area (Å²) in [5.74, 6) is 0.164. The van der Waals surface area contributed by atoms with E-state index in [-0.39, 0.29) is 12.3 Å². The second-order valence-electron chi connectivity index (χ2n) is 11.7. The van der Waals surface area contributed by atoms with Crippen molar-refractivity contribution in [1.82, 2.24) is 10.3 Å². The largest absolute Gasteiger partial charge is 0.423 e. The van der Waals surface area contributed by atoms with Crippen LogP contribution >= 0.6 is 0 Å². The number of piperidine rings is 1. The first kappa shape index (κ1) is 27.9. The van der Waals surface area contributed by atoms with Crippen molar-refractivity contribution in [2.24, 2.45) is 0 Å². The number of oxazole rings is 1. The van der Waals surface area contributed by atoms with Crippen LogP contribution in [0.5, 0.6) is 0 Å². The Balaban J connectivity index is 1.34. The fourth-order valence-electron chi connectivity index (χ4n) is 7.28. The normalized spacial score (nSPS) is 20.5. The quantitative estimate of drug-likeness (QED) is 0.242. The van der Waals surface area contributed by atoms with Gasteiger partial charge < -0.3 is 24.3 Å². The number of hydrogen-bond acceptors (Lipinski definition) is 7. The van der Waals surface area contributed by atoms with E-state index >= 15 is 0 Å². The van der Waals surface area contributed by atoms with Gasteiger partial charge in [0.2, 0.25) is 5.91 Å². The molecule has 0 spiro atoms. The molecule has 0 aliphatic carbocycles. The van der Waals surface area contributed by atoms with E-state index < -0.39 is 6.04 Å². The molecule has 3 atom stereocenters. The lowest BCUT2D eigenvalue weighted by atomic mass is 9.82. The molecule has 3 aromatic carbocycles. The summed E-state index contributed by atoms with van der Waals surface area (Å²) in [5, 5.41) is 4.63. The number of rotatable bonds is 10. The number of aromatic nitrogens is 1. The number of likely N-dealkylation sites (N-methyl/N-ethyl adjacent to an activating group) is 2. The molecule has 8 nitrogen and oxygen atoms in total. The first-order chi connectivity index (χ1) is 20.5. The number of nitrogens with one attached hydrogen (secondary N) is 1. The van der Waals surface area contributed by atoms with Crippen molar-refractivity contribution < 1.29 is 18.8 Å². The second-order valence-corrected chi connectivity index (χ2v) is 11.7. The van der Waals surface area contributed by atoms with Gasteiger partial charge in [0.15, 0.2) is 11.9 Å². The number of benzene rings is 3. The van der Waals surface area contributed by atoms with Crippen molar-refractivity contribution in [2.45, 2.75) is 75.9 Å². The van der Waals surface area contributed by atoms with Gasteiger partial charge in [-0.05, 0) is 79.2 Å². The lowest BCUT2D eigenvalue weighted by Gasteiger charge is -2.39. The Kier molecular flexibility index (Phi) is 7.71. The Bertz CT molecular complexity index is 1630. The van der Waals surface area contributed by atoms with Gasteiger partial charge in [-0.2, -0.15) is 4.98 Å². The number of nitrogens with zero attached hydrogens (tertiary/aromatic N) is 3. The molecule has 6 rings (SSSR count). The maximum atomic E-state index is 12.8. The molecule has 4 aromatic rings. The zero-order valence-corrected chi connectivity index (χ0v) is 24.5. The van der Waals surface area contributed by atoms with Gasteiger partial charge in [0.1, 0.15) is 17.8 Å². The SMILES string of the molecule is CCc1ccc2oc(N3C4CCC3CC(c3ccc(N(C)C(CCC=O)C(=O)NC)c5c(C=O)cccc35)C4)nc2c1. The lowest BCUT2D eigenvalue weighted by molar-refractivity contribution is -0.122. The average molecular weight is 567 g/mol. The number of amides is 1. The van der Waals surface area contributed by atoms with Crippen LogP contribution in [-0.4, -0.2) is 55.7 Å². The van der Waals surface area contributed by atoms with Crippen molar-refractivity contribution in [3.63, 3.8) is 0 Å². The Morgan fingerprint density at radius 3 is 2.62 bits per heavy atom. The molecule has 0 radical (unpaired) electrons. The predicted octanol–water partition coefficient (Wildman–Crippen LogP) is 5.80. The lowest BCUT2D eigenvalue weighted by Crippen LogP contribution is -2.44. The van der Waals surface area contributed by atoms with Crippen LogP contribution in [-0.2, 0) is 16.0 Å². The molecular weight excluding hydrogens is 528 g/mol. The molecule has 2 saturated heterocycles. The van der Waals surface area contributed by atoms with Gasteiger partial charge in [-0.1, -0.05) is 37.3 Å². The summed E-state index contributed by atoms with van der Waals surface area (Å²) >= 11 is 0. The number of fused-ring (bicyclic) bond motifs is 4. The fourth-order valence-corrected chi connectivity index (χ4v) is 7.28. The molecule has 2 aliphatic heterocycles. The molecule has 3 heterocycles. The van der Waals surface area contributed by atoms with Crippen molar-refractivity contribution in [3.8, 4) is 0 Å². The number of hydrogen-bond donors (Lipinski definition) is 1. The summed E-state index contributed by atoms with van der Waals surface area (Å²) in [6, 6.07) is 17.2. The van der Waals surface area contributed by atoms with Crippen molar-refractivity contribution in [3.05, 3.63) is 65.2 Å².